The Morgan fingerprint density at radius 3 is 2.62 bits per heavy atom. The normalized spacial score (nSPS) is 14.8. The first-order valence-electron chi connectivity index (χ1n) is 4.93. The second-order valence-corrected chi connectivity index (χ2v) is 3.99. The SMILES string of the molecule is Cc1noc(C)c1CNCC(C)(O)C(=O)O. The first-order valence-corrected chi connectivity index (χ1v) is 4.93. The van der Waals surface area contributed by atoms with E-state index in [1.54, 1.807) is 6.92 Å². The number of aryl methyl sites for hydroxylation is 2. The molecule has 0 radical (unpaired) electrons. The number of aromatic nitrogens is 1. The molecular formula is C10H16N2O4. The van der Waals surface area contributed by atoms with Crippen molar-refractivity contribution in [3.05, 3.63) is 17.0 Å². The Bertz CT molecular complexity index is 365. The van der Waals surface area contributed by atoms with Crippen molar-refractivity contribution < 1.29 is 19.5 Å². The Labute approximate surface area is 93.3 Å². The molecule has 1 heterocycles. The molecule has 90 valence electrons. The molecule has 16 heavy (non-hydrogen) atoms. The lowest BCUT2D eigenvalue weighted by Gasteiger charge is -2.18. The molecular weight excluding hydrogens is 212 g/mol. The third-order valence-corrected chi connectivity index (χ3v) is 2.41. The molecule has 1 unspecified atom stereocenters. The Morgan fingerprint density at radius 2 is 2.19 bits per heavy atom. The van der Waals surface area contributed by atoms with E-state index in [2.05, 4.69) is 10.5 Å². The van der Waals surface area contributed by atoms with Crippen molar-refractivity contribution in [1.29, 1.82) is 0 Å². The number of aliphatic carboxylic acids is 1. The van der Waals surface area contributed by atoms with E-state index >= 15 is 0 Å². The van der Waals surface area contributed by atoms with E-state index in [1.807, 2.05) is 6.92 Å². The first-order chi connectivity index (χ1) is 7.34. The molecule has 1 aromatic rings. The van der Waals surface area contributed by atoms with Crippen LogP contribution < -0.4 is 5.32 Å². The summed E-state index contributed by atoms with van der Waals surface area (Å²) in [6.07, 6.45) is 0. The fraction of sp³-hybridized carbons (Fsp3) is 0.600. The van der Waals surface area contributed by atoms with Crippen LogP contribution in [0.2, 0.25) is 0 Å². The van der Waals surface area contributed by atoms with Gasteiger partial charge >= 0.3 is 5.97 Å². The van der Waals surface area contributed by atoms with E-state index in [4.69, 9.17) is 9.63 Å². The Kier molecular flexibility index (Phi) is 3.66. The molecule has 3 N–H and O–H groups in total. The van der Waals surface area contributed by atoms with Gasteiger partial charge in [0.05, 0.1) is 5.69 Å². The van der Waals surface area contributed by atoms with Crippen LogP contribution in [0.15, 0.2) is 4.52 Å². The van der Waals surface area contributed by atoms with E-state index < -0.39 is 11.6 Å². The highest BCUT2D eigenvalue weighted by molar-refractivity contribution is 5.76. The number of carbonyl (C=O) groups is 1. The molecule has 1 atom stereocenters. The molecule has 1 rings (SSSR count). The average molecular weight is 228 g/mol. The minimum Gasteiger partial charge on any atom is -0.479 e. The van der Waals surface area contributed by atoms with Gasteiger partial charge in [-0.2, -0.15) is 0 Å². The van der Waals surface area contributed by atoms with Gasteiger partial charge in [0.15, 0.2) is 5.60 Å². The molecule has 6 nitrogen and oxygen atoms in total. The topological polar surface area (TPSA) is 95.6 Å². The Morgan fingerprint density at radius 1 is 1.56 bits per heavy atom. The third-order valence-electron chi connectivity index (χ3n) is 2.41. The van der Waals surface area contributed by atoms with Crippen LogP contribution in [0, 0.1) is 13.8 Å². The number of rotatable bonds is 5. The summed E-state index contributed by atoms with van der Waals surface area (Å²) in [7, 11) is 0. The summed E-state index contributed by atoms with van der Waals surface area (Å²) < 4.78 is 4.96. The molecule has 0 saturated heterocycles. The van der Waals surface area contributed by atoms with Crippen molar-refractivity contribution in [2.45, 2.75) is 32.9 Å². The molecule has 0 amide bonds. The second kappa shape index (κ2) is 4.63. The molecule has 0 bridgehead atoms. The fourth-order valence-electron chi connectivity index (χ4n) is 1.26. The van der Waals surface area contributed by atoms with Crippen molar-refractivity contribution in [3.8, 4) is 0 Å². The number of carboxylic acid groups (broad SMARTS) is 1. The van der Waals surface area contributed by atoms with Gasteiger partial charge in [-0.25, -0.2) is 4.79 Å². The summed E-state index contributed by atoms with van der Waals surface area (Å²) in [4.78, 5) is 10.6. The number of nitrogens with one attached hydrogen (secondary N) is 1. The second-order valence-electron chi connectivity index (χ2n) is 3.99. The van der Waals surface area contributed by atoms with E-state index in [-0.39, 0.29) is 6.54 Å². The van der Waals surface area contributed by atoms with E-state index in [0.29, 0.717) is 12.3 Å². The van der Waals surface area contributed by atoms with Crippen LogP contribution in [-0.2, 0) is 11.3 Å². The lowest BCUT2D eigenvalue weighted by molar-refractivity contribution is -0.156. The van der Waals surface area contributed by atoms with E-state index in [0.717, 1.165) is 11.3 Å². The molecule has 0 aliphatic rings. The molecule has 0 aliphatic heterocycles. The fourth-order valence-corrected chi connectivity index (χ4v) is 1.26. The summed E-state index contributed by atoms with van der Waals surface area (Å²) >= 11 is 0. The zero-order chi connectivity index (χ0) is 12.3. The quantitative estimate of drug-likeness (QED) is 0.667. The largest absolute Gasteiger partial charge is 0.479 e. The highest BCUT2D eigenvalue weighted by Crippen LogP contribution is 2.11. The van der Waals surface area contributed by atoms with Gasteiger partial charge in [0.25, 0.3) is 0 Å². The minimum absolute atomic E-state index is 0.0353. The smallest absolute Gasteiger partial charge is 0.336 e. The predicted octanol–water partition coefficient (Wildman–Crippen LogP) is 0.217. The van der Waals surface area contributed by atoms with Crippen LogP contribution in [0.25, 0.3) is 0 Å². The average Bonchev–Trinajstić information content (AvgIpc) is 2.48. The maximum atomic E-state index is 10.6. The van der Waals surface area contributed by atoms with Gasteiger partial charge in [-0.1, -0.05) is 5.16 Å². The van der Waals surface area contributed by atoms with Crippen LogP contribution in [-0.4, -0.2) is 33.5 Å². The molecule has 1 aromatic heterocycles. The Balaban J connectivity index is 2.51. The number of hydrogen-bond donors (Lipinski definition) is 3. The van der Waals surface area contributed by atoms with Crippen LogP contribution >= 0.6 is 0 Å². The van der Waals surface area contributed by atoms with Crippen LogP contribution in [0.4, 0.5) is 0 Å². The van der Waals surface area contributed by atoms with Crippen molar-refractivity contribution in [1.82, 2.24) is 10.5 Å². The highest BCUT2D eigenvalue weighted by atomic mass is 16.5. The van der Waals surface area contributed by atoms with Crippen LogP contribution in [0.3, 0.4) is 0 Å². The lowest BCUT2D eigenvalue weighted by atomic mass is 10.1. The molecule has 0 saturated carbocycles. The maximum Gasteiger partial charge on any atom is 0.336 e. The first kappa shape index (κ1) is 12.7. The summed E-state index contributed by atoms with van der Waals surface area (Å²) in [6.45, 7) is 5.22. The minimum atomic E-state index is -1.76. The van der Waals surface area contributed by atoms with Crippen LogP contribution in [0.5, 0.6) is 0 Å². The van der Waals surface area contributed by atoms with Gasteiger partial charge in [0, 0.05) is 18.7 Å². The zero-order valence-electron chi connectivity index (χ0n) is 9.57. The number of nitrogens with zero attached hydrogens (tertiary/aromatic N) is 1. The van der Waals surface area contributed by atoms with Gasteiger partial charge in [-0.3, -0.25) is 0 Å². The van der Waals surface area contributed by atoms with E-state index in [9.17, 15) is 9.90 Å². The molecule has 6 heteroatoms. The van der Waals surface area contributed by atoms with Crippen LogP contribution in [0.1, 0.15) is 23.9 Å². The molecule has 0 aromatic carbocycles. The van der Waals surface area contributed by atoms with Gasteiger partial charge in [-0.05, 0) is 20.8 Å². The molecule has 0 aliphatic carbocycles. The van der Waals surface area contributed by atoms with Crippen molar-refractivity contribution in [2.24, 2.45) is 0 Å². The van der Waals surface area contributed by atoms with Crippen molar-refractivity contribution in [2.75, 3.05) is 6.54 Å². The van der Waals surface area contributed by atoms with E-state index in [1.165, 1.54) is 6.92 Å². The third kappa shape index (κ3) is 2.80. The number of hydrogen-bond acceptors (Lipinski definition) is 5. The summed E-state index contributed by atoms with van der Waals surface area (Å²) in [5, 5.41) is 24.8. The highest BCUT2D eigenvalue weighted by Gasteiger charge is 2.29. The van der Waals surface area contributed by atoms with Gasteiger partial charge in [0.2, 0.25) is 0 Å². The lowest BCUT2D eigenvalue weighted by Crippen LogP contribution is -2.44. The predicted molar refractivity (Wildman–Crippen MR) is 55.9 cm³/mol. The van der Waals surface area contributed by atoms with Gasteiger partial charge in [-0.15, -0.1) is 0 Å². The molecule has 0 spiro atoms. The summed E-state index contributed by atoms with van der Waals surface area (Å²) in [6, 6.07) is 0. The van der Waals surface area contributed by atoms with Gasteiger partial charge < -0.3 is 20.1 Å². The Hall–Kier alpha value is -1.40. The summed E-state index contributed by atoms with van der Waals surface area (Å²) in [5.74, 6) is -0.557. The standard InChI is InChI=1S/C10H16N2O4/c1-6-8(7(2)16-12-6)4-11-5-10(3,15)9(13)14/h11,15H,4-5H2,1-3H3,(H,13,14). The van der Waals surface area contributed by atoms with Gasteiger partial charge in [0.1, 0.15) is 5.76 Å². The summed E-state index contributed by atoms with van der Waals surface area (Å²) in [5.41, 5.74) is -0.111. The number of carboxylic acids is 1. The van der Waals surface area contributed by atoms with Crippen molar-refractivity contribution in [3.63, 3.8) is 0 Å². The molecule has 0 fully saturated rings. The maximum absolute atomic E-state index is 10.6. The monoisotopic (exact) mass is 228 g/mol. The zero-order valence-corrected chi connectivity index (χ0v) is 9.57. The number of aliphatic hydroxyl groups is 1. The van der Waals surface area contributed by atoms with Crippen molar-refractivity contribution >= 4 is 5.97 Å².